The first-order chi connectivity index (χ1) is 19.2. The third-order valence-corrected chi connectivity index (χ3v) is 9.09. The van der Waals surface area contributed by atoms with Crippen molar-refractivity contribution in [2.24, 2.45) is 5.92 Å². The zero-order valence-corrected chi connectivity index (χ0v) is 22.5. The summed E-state index contributed by atoms with van der Waals surface area (Å²) in [7, 11) is 0. The van der Waals surface area contributed by atoms with E-state index in [0.717, 1.165) is 56.7 Å². The van der Waals surface area contributed by atoms with Crippen LogP contribution in [0.3, 0.4) is 0 Å². The van der Waals surface area contributed by atoms with Crippen LogP contribution in [0, 0.1) is 5.92 Å². The molecular weight excluding hydrogens is 486 g/mol. The Kier molecular flexibility index (Phi) is 6.39. The third kappa shape index (κ3) is 4.52. The number of benzene rings is 2. The van der Waals surface area contributed by atoms with Crippen LogP contribution in [0.4, 0.5) is 10.5 Å². The van der Waals surface area contributed by atoms with Crippen molar-refractivity contribution >= 4 is 34.1 Å². The molecule has 4 aliphatic rings. The summed E-state index contributed by atoms with van der Waals surface area (Å²) in [6.45, 7) is 6.47. The first-order valence-corrected chi connectivity index (χ1v) is 14.6. The lowest BCUT2D eigenvalue weighted by molar-refractivity contribution is -0.133. The molecule has 2 atom stereocenters. The van der Waals surface area contributed by atoms with Gasteiger partial charge in [-0.05, 0) is 80.1 Å². The van der Waals surface area contributed by atoms with Crippen LogP contribution in [-0.2, 0) is 17.8 Å². The Labute approximate surface area is 230 Å². The number of likely N-dealkylation sites (tertiary alicyclic amines) is 2. The molecule has 7 rings (SSSR count). The molecule has 0 unspecified atom stereocenters. The first-order valence-electron chi connectivity index (χ1n) is 14.6. The van der Waals surface area contributed by atoms with Crippen molar-refractivity contribution in [2.75, 3.05) is 44.6 Å². The van der Waals surface area contributed by atoms with Gasteiger partial charge < -0.3 is 24.6 Å². The van der Waals surface area contributed by atoms with E-state index < -0.39 is 0 Å². The number of carbonyl (C=O) groups is 2. The number of aromatic nitrogens is 1. The SMILES string of the molecule is O=C([C@@H]1C=C2c3cccc4c3c(cn4CCN3CCCC3)C[C@H]2N(C(=O)Nc2ccccc2)C1)N1CCCC1. The van der Waals surface area contributed by atoms with Crippen LogP contribution in [0.5, 0.6) is 0 Å². The topological polar surface area (TPSA) is 60.8 Å². The van der Waals surface area contributed by atoms with Crippen molar-refractivity contribution in [1.82, 2.24) is 19.3 Å². The lowest BCUT2D eigenvalue weighted by atomic mass is 9.79. The van der Waals surface area contributed by atoms with E-state index in [4.69, 9.17) is 0 Å². The molecule has 3 aromatic rings. The van der Waals surface area contributed by atoms with Gasteiger partial charge >= 0.3 is 6.03 Å². The van der Waals surface area contributed by atoms with E-state index in [0.29, 0.717) is 6.54 Å². The predicted molar refractivity (Wildman–Crippen MR) is 155 cm³/mol. The molecule has 0 spiro atoms. The van der Waals surface area contributed by atoms with E-state index in [1.54, 1.807) is 0 Å². The van der Waals surface area contributed by atoms with Crippen LogP contribution in [0.2, 0.25) is 0 Å². The van der Waals surface area contributed by atoms with Gasteiger partial charge in [0.05, 0.1) is 12.0 Å². The molecule has 2 aromatic carbocycles. The molecule has 0 saturated carbocycles. The largest absolute Gasteiger partial charge is 0.346 e. The molecule has 0 bridgehead atoms. The first kappa shape index (κ1) is 24.5. The minimum atomic E-state index is -0.329. The molecule has 3 amide bonds. The van der Waals surface area contributed by atoms with Gasteiger partial charge in [0.25, 0.3) is 0 Å². The van der Waals surface area contributed by atoms with Gasteiger partial charge in [0.2, 0.25) is 5.91 Å². The molecule has 0 radical (unpaired) electrons. The fraction of sp³-hybridized carbons (Fsp3) is 0.438. The van der Waals surface area contributed by atoms with Crippen molar-refractivity contribution in [1.29, 1.82) is 0 Å². The molecular formula is C32H37N5O2. The second-order valence-electron chi connectivity index (χ2n) is 11.5. The van der Waals surface area contributed by atoms with E-state index in [1.165, 1.54) is 48.0 Å². The fourth-order valence-electron chi connectivity index (χ4n) is 7.12. The van der Waals surface area contributed by atoms with Crippen molar-refractivity contribution < 1.29 is 9.59 Å². The maximum Gasteiger partial charge on any atom is 0.322 e. The van der Waals surface area contributed by atoms with Gasteiger partial charge in [0, 0.05) is 55.5 Å². The molecule has 1 N–H and O–H groups in total. The molecule has 1 aromatic heterocycles. The summed E-state index contributed by atoms with van der Waals surface area (Å²) in [5, 5.41) is 4.39. The fourth-order valence-corrected chi connectivity index (χ4v) is 7.12. The minimum absolute atomic E-state index is 0.0936. The molecule has 2 fully saturated rings. The number of rotatable bonds is 5. The van der Waals surface area contributed by atoms with Crippen LogP contribution in [0.1, 0.15) is 36.8 Å². The van der Waals surface area contributed by atoms with Crippen LogP contribution < -0.4 is 5.32 Å². The summed E-state index contributed by atoms with van der Waals surface area (Å²) in [6.07, 6.45) is 9.99. The van der Waals surface area contributed by atoms with E-state index in [9.17, 15) is 9.59 Å². The van der Waals surface area contributed by atoms with Crippen molar-refractivity contribution in [3.8, 4) is 0 Å². The molecule has 202 valence electrons. The third-order valence-electron chi connectivity index (χ3n) is 9.09. The Morgan fingerprint density at radius 2 is 1.64 bits per heavy atom. The Morgan fingerprint density at radius 3 is 2.44 bits per heavy atom. The van der Waals surface area contributed by atoms with Crippen molar-refractivity contribution in [3.05, 3.63) is 71.9 Å². The molecule has 39 heavy (non-hydrogen) atoms. The molecule has 7 nitrogen and oxygen atoms in total. The van der Waals surface area contributed by atoms with E-state index >= 15 is 0 Å². The van der Waals surface area contributed by atoms with E-state index in [-0.39, 0.29) is 23.9 Å². The minimum Gasteiger partial charge on any atom is -0.346 e. The Hall–Kier alpha value is -3.58. The van der Waals surface area contributed by atoms with Crippen molar-refractivity contribution in [2.45, 2.75) is 44.7 Å². The van der Waals surface area contributed by atoms with Gasteiger partial charge in [-0.3, -0.25) is 4.79 Å². The summed E-state index contributed by atoms with van der Waals surface area (Å²) >= 11 is 0. The van der Waals surface area contributed by atoms with Gasteiger partial charge in [-0.15, -0.1) is 0 Å². The van der Waals surface area contributed by atoms with Gasteiger partial charge in [0.15, 0.2) is 0 Å². The van der Waals surface area contributed by atoms with Gasteiger partial charge in [-0.1, -0.05) is 36.4 Å². The van der Waals surface area contributed by atoms with Crippen LogP contribution in [-0.4, -0.2) is 76.5 Å². The number of urea groups is 1. The normalized spacial score (nSPS) is 22.7. The molecule has 4 heterocycles. The summed E-state index contributed by atoms with van der Waals surface area (Å²) in [4.78, 5) is 33.9. The summed E-state index contributed by atoms with van der Waals surface area (Å²) in [6, 6.07) is 15.9. The second-order valence-corrected chi connectivity index (χ2v) is 11.5. The zero-order valence-electron chi connectivity index (χ0n) is 22.5. The average molecular weight is 524 g/mol. The maximum atomic E-state index is 13.8. The Morgan fingerprint density at radius 1 is 0.872 bits per heavy atom. The van der Waals surface area contributed by atoms with Crippen LogP contribution in [0.25, 0.3) is 16.5 Å². The Bertz CT molecular complexity index is 1420. The Balaban J connectivity index is 1.25. The highest BCUT2D eigenvalue weighted by Gasteiger charge is 2.41. The number of anilines is 1. The van der Waals surface area contributed by atoms with Gasteiger partial charge in [-0.2, -0.15) is 0 Å². The smallest absolute Gasteiger partial charge is 0.322 e. The van der Waals surface area contributed by atoms with Gasteiger partial charge in [-0.25, -0.2) is 4.79 Å². The number of para-hydroxylation sites is 1. The maximum absolute atomic E-state index is 13.8. The predicted octanol–water partition coefficient (Wildman–Crippen LogP) is 4.83. The van der Waals surface area contributed by atoms with Gasteiger partial charge in [0.1, 0.15) is 0 Å². The van der Waals surface area contributed by atoms with Crippen LogP contribution in [0.15, 0.2) is 60.8 Å². The number of carbonyl (C=O) groups excluding carboxylic acids is 2. The van der Waals surface area contributed by atoms with Crippen molar-refractivity contribution in [3.63, 3.8) is 0 Å². The van der Waals surface area contributed by atoms with Crippen LogP contribution >= 0.6 is 0 Å². The number of hydrogen-bond donors (Lipinski definition) is 1. The second kappa shape index (κ2) is 10.2. The standard InChI is InChI=1S/C32H37N5O2/c38-31(35-15-6-7-16-35)24-19-27-26-11-8-12-28-30(26)23(21-36(28)18-17-34-13-4-5-14-34)20-29(27)37(22-24)32(39)33-25-9-2-1-3-10-25/h1-3,8-12,19,21,24,29H,4-7,13-18,20,22H2,(H,33,39)/t24-,29-/m1/s1. The summed E-state index contributed by atoms with van der Waals surface area (Å²) in [5.74, 6) is -0.179. The molecule has 7 heteroatoms. The lowest BCUT2D eigenvalue weighted by Crippen LogP contribution is -2.52. The highest BCUT2D eigenvalue weighted by molar-refractivity contribution is 6.02. The highest BCUT2D eigenvalue weighted by atomic mass is 16.2. The van der Waals surface area contributed by atoms with E-state index in [2.05, 4.69) is 45.3 Å². The summed E-state index contributed by atoms with van der Waals surface area (Å²) in [5.41, 5.74) is 5.63. The lowest BCUT2D eigenvalue weighted by Gasteiger charge is -2.42. The number of nitrogens with zero attached hydrogens (tertiary/aromatic N) is 4. The molecule has 2 saturated heterocycles. The molecule has 3 aliphatic heterocycles. The summed E-state index contributed by atoms with van der Waals surface area (Å²) < 4.78 is 2.41. The molecule has 1 aliphatic carbocycles. The number of fused-ring (bicyclic) bond motifs is 2. The zero-order chi connectivity index (χ0) is 26.3. The number of nitrogens with one attached hydrogen (secondary N) is 1. The average Bonchev–Trinajstić information content (AvgIpc) is 3.74. The highest BCUT2D eigenvalue weighted by Crippen LogP contribution is 2.42. The van der Waals surface area contributed by atoms with E-state index in [1.807, 2.05) is 40.1 Å². The quantitative estimate of drug-likeness (QED) is 0.521. The number of hydrogen-bond acceptors (Lipinski definition) is 3. The number of amides is 3. The monoisotopic (exact) mass is 523 g/mol.